The average Bonchev–Trinajstić information content (AvgIpc) is 3.50. The lowest BCUT2D eigenvalue weighted by Gasteiger charge is -2.40. The van der Waals surface area contributed by atoms with Crippen molar-refractivity contribution in [1.29, 1.82) is 0 Å². The molecule has 7 atom stereocenters. The standard InChI is InChI=1S/C29H34ClN3O4S/c1-4-19(15-34)33-25(27(36)32-24-16(2)9-8-12-20(24)30)29-17(3)13-21(38-29)22(23(29)28(33)37)26(35)31-14-18-10-6-5-7-11-18/h5-12,17,19,21-23,25,34H,4,13-15H2,1-3H3,(H,31,35)(H,32,36)/t17?,19-,21+,22-,23-,25?,29?/m0/s1. The second-order valence-corrected chi connectivity index (χ2v) is 12.6. The molecule has 3 saturated heterocycles. The number of benzene rings is 2. The van der Waals surface area contributed by atoms with E-state index < -0.39 is 28.7 Å². The maximum absolute atomic E-state index is 14.2. The molecule has 0 aromatic heterocycles. The van der Waals surface area contributed by atoms with Crippen LogP contribution in [0.15, 0.2) is 48.5 Å². The van der Waals surface area contributed by atoms with Crippen LogP contribution < -0.4 is 10.6 Å². The van der Waals surface area contributed by atoms with Crippen LogP contribution in [0.3, 0.4) is 0 Å². The number of carbonyl (C=O) groups is 3. The van der Waals surface area contributed by atoms with Gasteiger partial charge in [-0.3, -0.25) is 14.4 Å². The van der Waals surface area contributed by atoms with Crippen LogP contribution in [-0.4, -0.2) is 56.4 Å². The highest BCUT2D eigenvalue weighted by atomic mass is 35.5. The quantitative estimate of drug-likeness (QED) is 0.457. The molecule has 2 bridgehead atoms. The largest absolute Gasteiger partial charge is 0.394 e. The van der Waals surface area contributed by atoms with Crippen molar-refractivity contribution in [2.75, 3.05) is 11.9 Å². The van der Waals surface area contributed by atoms with Gasteiger partial charge in [0.2, 0.25) is 17.7 Å². The van der Waals surface area contributed by atoms with E-state index in [9.17, 15) is 19.5 Å². The highest BCUT2D eigenvalue weighted by Crippen LogP contribution is 2.68. The Morgan fingerprint density at radius 2 is 1.92 bits per heavy atom. The maximum Gasteiger partial charge on any atom is 0.248 e. The zero-order valence-electron chi connectivity index (χ0n) is 21.8. The summed E-state index contributed by atoms with van der Waals surface area (Å²) in [5.74, 6) is -1.84. The van der Waals surface area contributed by atoms with Gasteiger partial charge < -0.3 is 20.6 Å². The number of aryl methyl sites for hydroxylation is 1. The minimum atomic E-state index is -0.829. The van der Waals surface area contributed by atoms with E-state index in [0.717, 1.165) is 17.5 Å². The summed E-state index contributed by atoms with van der Waals surface area (Å²) in [6.07, 6.45) is 1.24. The summed E-state index contributed by atoms with van der Waals surface area (Å²) in [4.78, 5) is 43.5. The van der Waals surface area contributed by atoms with Crippen LogP contribution in [-0.2, 0) is 20.9 Å². The van der Waals surface area contributed by atoms with Gasteiger partial charge >= 0.3 is 0 Å². The van der Waals surface area contributed by atoms with Gasteiger partial charge in [0.1, 0.15) is 6.04 Å². The van der Waals surface area contributed by atoms with Crippen LogP contribution >= 0.6 is 23.4 Å². The summed E-state index contributed by atoms with van der Waals surface area (Å²) in [5, 5.41) is 16.7. The van der Waals surface area contributed by atoms with Gasteiger partial charge in [0.05, 0.1) is 39.9 Å². The number of aliphatic hydroxyl groups excluding tert-OH is 1. The van der Waals surface area contributed by atoms with Crippen molar-refractivity contribution in [3.8, 4) is 0 Å². The highest BCUT2D eigenvalue weighted by molar-refractivity contribution is 8.02. The Morgan fingerprint density at radius 3 is 2.58 bits per heavy atom. The minimum absolute atomic E-state index is 0.0360. The number of likely N-dealkylation sites (tertiary alicyclic amines) is 1. The van der Waals surface area contributed by atoms with Crippen molar-refractivity contribution in [2.24, 2.45) is 17.8 Å². The first-order chi connectivity index (χ1) is 18.2. The minimum Gasteiger partial charge on any atom is -0.394 e. The van der Waals surface area contributed by atoms with Gasteiger partial charge in [0.15, 0.2) is 0 Å². The summed E-state index contributed by atoms with van der Waals surface area (Å²) in [5.41, 5.74) is 2.32. The smallest absolute Gasteiger partial charge is 0.248 e. The van der Waals surface area contributed by atoms with E-state index in [1.807, 2.05) is 56.3 Å². The molecule has 3 heterocycles. The number of rotatable bonds is 8. The van der Waals surface area contributed by atoms with Crippen LogP contribution in [0, 0.1) is 24.7 Å². The lowest BCUT2D eigenvalue weighted by Crippen LogP contribution is -2.57. The van der Waals surface area contributed by atoms with E-state index in [2.05, 4.69) is 17.6 Å². The zero-order valence-corrected chi connectivity index (χ0v) is 23.4. The molecule has 7 nitrogen and oxygen atoms in total. The van der Waals surface area contributed by atoms with E-state index in [1.165, 1.54) is 0 Å². The maximum atomic E-state index is 14.2. The molecule has 1 spiro atoms. The summed E-state index contributed by atoms with van der Waals surface area (Å²) >= 11 is 8.05. The third-order valence-electron chi connectivity index (χ3n) is 8.59. The van der Waals surface area contributed by atoms with Crippen LogP contribution in [0.1, 0.15) is 37.8 Å². The molecule has 2 aromatic carbocycles. The number of hydrogen-bond donors (Lipinski definition) is 3. The lowest BCUT2D eigenvalue weighted by molar-refractivity contribution is -0.142. The second-order valence-electron chi connectivity index (χ2n) is 10.7. The van der Waals surface area contributed by atoms with Crippen molar-refractivity contribution < 1.29 is 19.5 Å². The Bertz CT molecular complexity index is 1220. The molecular weight excluding hydrogens is 522 g/mol. The van der Waals surface area contributed by atoms with Crippen LogP contribution in [0.2, 0.25) is 5.02 Å². The number of para-hydroxylation sites is 1. The first-order valence-electron chi connectivity index (χ1n) is 13.2. The Morgan fingerprint density at radius 1 is 1.18 bits per heavy atom. The Balaban J connectivity index is 1.50. The molecular formula is C29H34ClN3O4S. The number of anilines is 1. The van der Waals surface area contributed by atoms with E-state index in [4.69, 9.17) is 11.6 Å². The van der Waals surface area contributed by atoms with Crippen molar-refractivity contribution >= 4 is 46.8 Å². The Kier molecular flexibility index (Phi) is 7.50. The predicted octanol–water partition coefficient (Wildman–Crippen LogP) is 4.01. The number of fused-ring (bicyclic) bond motifs is 1. The summed E-state index contributed by atoms with van der Waals surface area (Å²) in [7, 11) is 0. The Hall–Kier alpha value is -2.55. The molecule has 0 saturated carbocycles. The molecule has 3 amide bonds. The van der Waals surface area contributed by atoms with Gasteiger partial charge in [-0.1, -0.05) is 67.9 Å². The zero-order chi connectivity index (χ0) is 27.2. The number of nitrogens with zero attached hydrogens (tertiary/aromatic N) is 1. The van der Waals surface area contributed by atoms with Crippen molar-refractivity contribution in [2.45, 2.75) is 62.2 Å². The molecule has 5 rings (SSSR count). The van der Waals surface area contributed by atoms with Crippen molar-refractivity contribution in [1.82, 2.24) is 10.2 Å². The molecule has 3 aliphatic heterocycles. The fourth-order valence-corrected chi connectivity index (χ4v) is 9.43. The summed E-state index contributed by atoms with van der Waals surface area (Å²) < 4.78 is -0.766. The summed E-state index contributed by atoms with van der Waals surface area (Å²) in [6.45, 7) is 5.97. The van der Waals surface area contributed by atoms with Gasteiger partial charge in [-0.25, -0.2) is 0 Å². The SMILES string of the molecule is CC[C@@H](CO)N1C(=O)[C@@H]2[C@@H](C(=O)NCc3ccccc3)[C@H]3CC(C)C2(S3)C1C(=O)Nc1c(C)cccc1Cl. The van der Waals surface area contributed by atoms with E-state index in [-0.39, 0.29) is 35.5 Å². The predicted molar refractivity (Wildman–Crippen MR) is 150 cm³/mol. The topological polar surface area (TPSA) is 98.7 Å². The molecule has 2 aromatic rings. The molecule has 3 unspecified atom stereocenters. The van der Waals surface area contributed by atoms with E-state index in [0.29, 0.717) is 23.7 Å². The molecule has 3 aliphatic rings. The number of halogens is 1. The lowest BCUT2D eigenvalue weighted by atomic mass is 9.66. The number of amides is 3. The van der Waals surface area contributed by atoms with E-state index >= 15 is 0 Å². The molecule has 202 valence electrons. The van der Waals surface area contributed by atoms with Gasteiger partial charge in [-0.05, 0) is 42.9 Å². The van der Waals surface area contributed by atoms with Crippen LogP contribution in [0.5, 0.6) is 0 Å². The summed E-state index contributed by atoms with van der Waals surface area (Å²) in [6, 6.07) is 13.7. The molecule has 0 radical (unpaired) electrons. The van der Waals surface area contributed by atoms with Crippen LogP contribution in [0.4, 0.5) is 5.69 Å². The normalized spacial score (nSPS) is 30.3. The molecule has 9 heteroatoms. The number of carbonyl (C=O) groups excluding carboxylic acids is 3. The fraction of sp³-hybridized carbons (Fsp3) is 0.483. The number of hydrogen-bond acceptors (Lipinski definition) is 5. The van der Waals surface area contributed by atoms with Gasteiger partial charge in [0.25, 0.3) is 0 Å². The number of aliphatic hydroxyl groups is 1. The van der Waals surface area contributed by atoms with E-state index in [1.54, 1.807) is 22.7 Å². The third kappa shape index (κ3) is 4.21. The molecule has 3 fully saturated rings. The Labute approximate surface area is 232 Å². The average molecular weight is 556 g/mol. The van der Waals surface area contributed by atoms with Gasteiger partial charge in [0, 0.05) is 11.8 Å². The van der Waals surface area contributed by atoms with Crippen LogP contribution in [0.25, 0.3) is 0 Å². The first-order valence-corrected chi connectivity index (χ1v) is 14.5. The fourth-order valence-electron chi connectivity index (χ4n) is 6.75. The second kappa shape index (κ2) is 10.5. The van der Waals surface area contributed by atoms with Gasteiger partial charge in [-0.15, -0.1) is 11.8 Å². The monoisotopic (exact) mass is 555 g/mol. The highest BCUT2D eigenvalue weighted by Gasteiger charge is 2.76. The molecule has 38 heavy (non-hydrogen) atoms. The molecule has 3 N–H and O–H groups in total. The van der Waals surface area contributed by atoms with Crippen molar-refractivity contribution in [3.63, 3.8) is 0 Å². The number of nitrogens with one attached hydrogen (secondary N) is 2. The third-order valence-corrected chi connectivity index (χ3v) is 11.0. The van der Waals surface area contributed by atoms with Crippen molar-refractivity contribution in [3.05, 3.63) is 64.7 Å². The first kappa shape index (κ1) is 27.0. The molecule has 0 aliphatic carbocycles. The van der Waals surface area contributed by atoms with Gasteiger partial charge in [-0.2, -0.15) is 0 Å². The number of thioether (sulfide) groups is 1.